The van der Waals surface area contributed by atoms with Gasteiger partial charge < -0.3 is 20.1 Å². The van der Waals surface area contributed by atoms with Crippen LogP contribution < -0.4 is 10.6 Å². The molecule has 51 heavy (non-hydrogen) atoms. The molecule has 2 heterocycles. The number of ether oxygens (including phenoxy) is 2. The summed E-state index contributed by atoms with van der Waals surface area (Å²) >= 11 is 0. The van der Waals surface area contributed by atoms with Crippen LogP contribution in [0.15, 0.2) is 17.1 Å². The van der Waals surface area contributed by atoms with Crippen LogP contribution in [-0.2, 0) is 33.4 Å². The van der Waals surface area contributed by atoms with E-state index >= 15 is 0 Å². The number of hydrogen-bond acceptors (Lipinski definition) is 8. The normalized spacial score (nSPS) is 17.7. The molecule has 1 aliphatic carbocycles. The Hall–Kier alpha value is -3.24. The van der Waals surface area contributed by atoms with E-state index in [1.54, 1.807) is 0 Å². The van der Waals surface area contributed by atoms with Crippen LogP contribution in [0.25, 0.3) is 0 Å². The molecule has 0 aromatic heterocycles. The van der Waals surface area contributed by atoms with Crippen molar-refractivity contribution in [2.24, 2.45) is 28.7 Å². The third-order valence-corrected chi connectivity index (χ3v) is 8.96. The number of aliphatic imine (C=N–C) groups is 1. The molecule has 0 aromatic rings. The summed E-state index contributed by atoms with van der Waals surface area (Å²) in [4.78, 5) is 63.2. The van der Waals surface area contributed by atoms with E-state index in [1.165, 1.54) is 49.2 Å². The maximum Gasteiger partial charge on any atom is 0.308 e. The number of amides is 4. The number of rotatable bonds is 22. The smallest absolute Gasteiger partial charge is 0.308 e. The Kier molecular flexibility index (Phi) is 26.6. The molecule has 0 spiro atoms. The van der Waals surface area contributed by atoms with Gasteiger partial charge in [0, 0.05) is 37.0 Å². The topological polar surface area (TPSA) is 143 Å². The van der Waals surface area contributed by atoms with Crippen LogP contribution in [0.2, 0.25) is 0 Å². The van der Waals surface area contributed by atoms with Crippen LogP contribution in [0.1, 0.15) is 152 Å². The highest BCUT2D eigenvalue weighted by Gasteiger charge is 2.25. The van der Waals surface area contributed by atoms with E-state index in [2.05, 4.69) is 50.2 Å². The second-order valence-electron chi connectivity index (χ2n) is 14.1. The minimum absolute atomic E-state index is 0. The summed E-state index contributed by atoms with van der Waals surface area (Å²) in [6.45, 7) is 16.6. The Morgan fingerprint density at radius 3 is 2.00 bits per heavy atom. The molecule has 2 N–H and O–H groups in total. The number of esters is 1. The fourth-order valence-corrected chi connectivity index (χ4v) is 5.17. The minimum atomic E-state index is -0.272. The summed E-state index contributed by atoms with van der Waals surface area (Å²) in [6, 6.07) is 0.379. The van der Waals surface area contributed by atoms with Crippen molar-refractivity contribution in [2.75, 3.05) is 26.4 Å². The van der Waals surface area contributed by atoms with Gasteiger partial charge in [-0.05, 0) is 57.8 Å². The summed E-state index contributed by atoms with van der Waals surface area (Å²) in [5.74, 6) is 1.55. The Bertz CT molecular complexity index is 1070. The van der Waals surface area contributed by atoms with Gasteiger partial charge in [0.2, 0.25) is 11.8 Å². The van der Waals surface area contributed by atoms with Crippen LogP contribution in [0, 0.1) is 23.7 Å². The fourth-order valence-electron chi connectivity index (χ4n) is 5.17. The Labute approximate surface area is 309 Å². The predicted octanol–water partition coefficient (Wildman–Crippen LogP) is 7.52. The first-order valence-corrected chi connectivity index (χ1v) is 19.4. The number of carbonyl (C=O) groups excluding carboxylic acids is 5. The van der Waals surface area contributed by atoms with E-state index in [4.69, 9.17) is 9.47 Å². The van der Waals surface area contributed by atoms with Crippen molar-refractivity contribution < 1.29 is 33.4 Å². The van der Waals surface area contributed by atoms with Gasteiger partial charge in [-0.15, -0.1) is 0 Å². The maximum absolute atomic E-state index is 11.8. The van der Waals surface area contributed by atoms with E-state index in [0.717, 1.165) is 57.5 Å². The van der Waals surface area contributed by atoms with E-state index in [9.17, 15) is 24.0 Å². The molecule has 0 aromatic carbocycles. The summed E-state index contributed by atoms with van der Waals surface area (Å²) < 4.78 is 10.7. The zero-order chi connectivity index (χ0) is 37.3. The molecule has 0 saturated heterocycles. The number of imide groups is 1. The molecular formula is C40H72N4O7. The lowest BCUT2D eigenvalue weighted by molar-refractivity contribution is -0.148. The molecule has 4 unspecified atom stereocenters. The third kappa shape index (κ3) is 22.3. The second kappa shape index (κ2) is 28.4. The highest BCUT2D eigenvalue weighted by Crippen LogP contribution is 2.29. The van der Waals surface area contributed by atoms with Crippen LogP contribution in [0.3, 0.4) is 0 Å². The second-order valence-corrected chi connectivity index (χ2v) is 14.1. The lowest BCUT2D eigenvalue weighted by atomic mass is 10.0. The van der Waals surface area contributed by atoms with Gasteiger partial charge in [0.15, 0.2) is 5.90 Å². The van der Waals surface area contributed by atoms with Gasteiger partial charge >= 0.3 is 5.97 Å². The molecule has 4 atom stereocenters. The number of unbranched alkanes of at least 4 members (excludes halogenated alkanes) is 5. The molecule has 0 radical (unpaired) electrons. The molecule has 294 valence electrons. The van der Waals surface area contributed by atoms with Gasteiger partial charge in [0.1, 0.15) is 6.61 Å². The molecular weight excluding hydrogens is 648 g/mol. The van der Waals surface area contributed by atoms with Crippen LogP contribution >= 0.6 is 0 Å². The number of carbonyl (C=O) groups is 5. The van der Waals surface area contributed by atoms with E-state index < -0.39 is 0 Å². The van der Waals surface area contributed by atoms with Gasteiger partial charge in [0.25, 0.3) is 11.8 Å². The number of hydrogen-bond donors (Lipinski definition) is 2. The van der Waals surface area contributed by atoms with Crippen molar-refractivity contribution in [3.8, 4) is 0 Å². The lowest BCUT2D eigenvalue weighted by Crippen LogP contribution is -2.39. The predicted molar refractivity (Wildman–Crippen MR) is 205 cm³/mol. The molecule has 11 heteroatoms. The standard InChI is InChI=1S/C18H29N3O4.C11H20O2.C10H19NO.CH4/c1-3-4-8-14(2)18(25)20-13-19-15(22)9-6-5-7-12-21-16(23)10-11-17(21)24;1-3-4-5-9(2)11(12)13-8-10-6-7-10;1-4-5-6-8(2)10-11-9(3)7-12-10;/h10-11,14H,3-9,12-13H2,1-2H3,(H,19,22)(H,20,25);9-10H,3-8H2,1-2H3;8-9H,4-7H2,1-3H3;1H4. The first-order chi connectivity index (χ1) is 23.9. The Morgan fingerprint density at radius 2 is 1.45 bits per heavy atom. The van der Waals surface area contributed by atoms with Crippen molar-refractivity contribution in [1.82, 2.24) is 15.5 Å². The third-order valence-electron chi connectivity index (χ3n) is 8.96. The Morgan fingerprint density at radius 1 is 0.863 bits per heavy atom. The fraction of sp³-hybridized carbons (Fsp3) is 0.800. The van der Waals surface area contributed by atoms with Gasteiger partial charge in [0.05, 0.1) is 25.2 Å². The maximum atomic E-state index is 11.8. The summed E-state index contributed by atoms with van der Waals surface area (Å²) in [7, 11) is 0. The number of nitrogens with one attached hydrogen (secondary N) is 2. The molecule has 1 fully saturated rings. The van der Waals surface area contributed by atoms with Gasteiger partial charge in [-0.25, -0.2) is 4.99 Å². The van der Waals surface area contributed by atoms with Gasteiger partial charge in [-0.2, -0.15) is 0 Å². The molecule has 0 bridgehead atoms. The highest BCUT2D eigenvalue weighted by atomic mass is 16.5. The molecule has 1 saturated carbocycles. The molecule has 11 nitrogen and oxygen atoms in total. The van der Waals surface area contributed by atoms with E-state index in [1.807, 2.05) is 13.8 Å². The molecule has 2 aliphatic heterocycles. The first-order valence-electron chi connectivity index (χ1n) is 19.4. The lowest BCUT2D eigenvalue weighted by Gasteiger charge is -2.13. The SMILES string of the molecule is C.CCCCC(C)C(=O)NCNC(=O)CCCCCN1C(=O)C=CC1=O.CCCCC(C)C(=O)OCC1CC1.CCCCC(C)C1=NC(C)CO1. The summed E-state index contributed by atoms with van der Waals surface area (Å²) in [5, 5.41) is 5.38. The Balaban J connectivity index is 0.000000806. The largest absolute Gasteiger partial charge is 0.479 e. The number of nitrogens with zero attached hydrogens (tertiary/aromatic N) is 2. The average Bonchev–Trinajstić information content (AvgIpc) is 3.75. The van der Waals surface area contributed by atoms with Gasteiger partial charge in [-0.3, -0.25) is 28.9 Å². The molecule has 3 aliphatic rings. The quantitative estimate of drug-likeness (QED) is 0.0510. The first kappa shape index (κ1) is 47.8. The van der Waals surface area contributed by atoms with Crippen molar-refractivity contribution in [3.05, 3.63) is 12.2 Å². The van der Waals surface area contributed by atoms with Crippen molar-refractivity contribution in [3.63, 3.8) is 0 Å². The summed E-state index contributed by atoms with van der Waals surface area (Å²) in [6.07, 6.45) is 17.4. The van der Waals surface area contributed by atoms with Crippen molar-refractivity contribution in [2.45, 2.75) is 158 Å². The molecule has 4 amide bonds. The van der Waals surface area contributed by atoms with E-state index in [0.29, 0.717) is 50.3 Å². The van der Waals surface area contributed by atoms with Crippen molar-refractivity contribution >= 4 is 35.5 Å². The molecule has 3 rings (SSSR count). The zero-order valence-electron chi connectivity index (χ0n) is 32.2. The van der Waals surface area contributed by atoms with Gasteiger partial charge in [-0.1, -0.05) is 93.9 Å². The van der Waals surface area contributed by atoms with Crippen molar-refractivity contribution in [1.29, 1.82) is 0 Å². The summed E-state index contributed by atoms with van der Waals surface area (Å²) in [5.41, 5.74) is 0. The average molecular weight is 721 g/mol. The van der Waals surface area contributed by atoms with Crippen LogP contribution in [0.4, 0.5) is 0 Å². The minimum Gasteiger partial charge on any atom is -0.479 e. The van der Waals surface area contributed by atoms with Crippen LogP contribution in [0.5, 0.6) is 0 Å². The highest BCUT2D eigenvalue weighted by molar-refractivity contribution is 6.12. The zero-order valence-corrected chi connectivity index (χ0v) is 32.2. The van der Waals surface area contributed by atoms with E-state index in [-0.39, 0.29) is 55.5 Å². The monoisotopic (exact) mass is 721 g/mol. The van der Waals surface area contributed by atoms with Crippen LogP contribution in [-0.4, -0.2) is 72.9 Å².